The van der Waals surface area contributed by atoms with E-state index in [1.54, 1.807) is 5.57 Å². The van der Waals surface area contributed by atoms with Gasteiger partial charge in [0.1, 0.15) is 0 Å². The molecule has 0 radical (unpaired) electrons. The zero-order valence-corrected chi connectivity index (χ0v) is 32.6. The van der Waals surface area contributed by atoms with Crippen molar-refractivity contribution in [2.75, 3.05) is 18.0 Å². The molecular formula is C52H51N3. The number of anilines is 1. The fourth-order valence-electron chi connectivity index (χ4n) is 10.4. The molecule has 0 saturated carbocycles. The summed E-state index contributed by atoms with van der Waals surface area (Å²) in [6, 6.07) is 43.5. The summed E-state index contributed by atoms with van der Waals surface area (Å²) >= 11 is 0. The maximum Gasteiger partial charge on any atom is 0.0541 e. The Balaban J connectivity index is 1.06. The molecule has 2 heterocycles. The van der Waals surface area contributed by atoms with Crippen molar-refractivity contribution >= 4 is 33.1 Å². The number of allylic oxidation sites excluding steroid dienone is 4. The quantitative estimate of drug-likeness (QED) is 0.173. The summed E-state index contributed by atoms with van der Waals surface area (Å²) in [6.07, 6.45) is 15.4. The van der Waals surface area contributed by atoms with Crippen molar-refractivity contribution in [3.8, 4) is 16.8 Å². The monoisotopic (exact) mass is 717 g/mol. The third kappa shape index (κ3) is 5.66. The Hall–Kier alpha value is -5.38. The van der Waals surface area contributed by atoms with Gasteiger partial charge in [0.2, 0.25) is 0 Å². The van der Waals surface area contributed by atoms with Gasteiger partial charge in [-0.3, -0.25) is 0 Å². The van der Waals surface area contributed by atoms with Crippen LogP contribution in [0.2, 0.25) is 0 Å². The Morgan fingerprint density at radius 3 is 2.33 bits per heavy atom. The van der Waals surface area contributed by atoms with Gasteiger partial charge in [0, 0.05) is 64.2 Å². The number of hydrogen-bond acceptors (Lipinski definition) is 2. The highest BCUT2D eigenvalue weighted by Gasteiger charge is 2.38. The third-order valence-corrected chi connectivity index (χ3v) is 13.3. The smallest absolute Gasteiger partial charge is 0.0541 e. The zero-order chi connectivity index (χ0) is 37.3. The first kappa shape index (κ1) is 34.1. The van der Waals surface area contributed by atoms with Crippen LogP contribution in [0.4, 0.5) is 5.69 Å². The molecule has 1 aromatic heterocycles. The van der Waals surface area contributed by atoms with Crippen molar-refractivity contribution < 1.29 is 0 Å². The van der Waals surface area contributed by atoms with E-state index in [4.69, 9.17) is 0 Å². The lowest BCUT2D eigenvalue weighted by atomic mass is 9.78. The number of para-hydroxylation sites is 2. The molecule has 3 aliphatic carbocycles. The second-order valence-electron chi connectivity index (χ2n) is 17.0. The fraction of sp³-hybridized carbons (Fsp3) is 0.269. The molecule has 0 fully saturated rings. The van der Waals surface area contributed by atoms with E-state index in [9.17, 15) is 0 Å². The molecular weight excluding hydrogens is 667 g/mol. The molecule has 1 aliphatic heterocycles. The highest BCUT2D eigenvalue weighted by Crippen LogP contribution is 2.51. The highest BCUT2D eigenvalue weighted by atomic mass is 15.2. The molecule has 4 aliphatic rings. The minimum Gasteiger partial charge on any atom is -0.341 e. The standard InChI is InChI=1S/C52H51N3/c1-34-29-36(38-22-27-51-45(31-38)44-17-9-11-19-50(44)54(51)40-14-6-5-7-15-40)20-25-48(34)55(49-26-21-37(30-35(49)2)39-13-12-28-53-33-39)41-23-24-43-42-16-8-10-18-46(42)52(3,4)47(43)32-41/h5-25,27,31-32,34-35,39,49,53H,26,28-30,33H2,1-4H3. The summed E-state index contributed by atoms with van der Waals surface area (Å²) in [5.74, 6) is 1.40. The van der Waals surface area contributed by atoms with E-state index in [-0.39, 0.29) is 5.41 Å². The Kier molecular flexibility index (Phi) is 8.33. The summed E-state index contributed by atoms with van der Waals surface area (Å²) in [4.78, 5) is 2.76. The van der Waals surface area contributed by atoms with Crippen LogP contribution in [-0.4, -0.2) is 23.7 Å². The number of nitrogens with one attached hydrogen (secondary N) is 1. The third-order valence-electron chi connectivity index (χ3n) is 13.3. The maximum atomic E-state index is 3.59. The molecule has 6 aromatic rings. The lowest BCUT2D eigenvalue weighted by Gasteiger charge is -2.44. The second-order valence-corrected chi connectivity index (χ2v) is 17.0. The van der Waals surface area contributed by atoms with Crippen LogP contribution in [0.3, 0.4) is 0 Å². The van der Waals surface area contributed by atoms with Crippen LogP contribution < -0.4 is 10.2 Å². The molecule has 0 spiro atoms. The zero-order valence-electron chi connectivity index (χ0n) is 32.6. The van der Waals surface area contributed by atoms with Crippen molar-refractivity contribution in [2.24, 2.45) is 17.8 Å². The average Bonchev–Trinajstić information content (AvgIpc) is 3.67. The van der Waals surface area contributed by atoms with Crippen molar-refractivity contribution in [1.82, 2.24) is 9.88 Å². The van der Waals surface area contributed by atoms with Crippen LogP contribution in [0.1, 0.15) is 63.6 Å². The normalized spacial score (nSPS) is 22.9. The highest BCUT2D eigenvalue weighted by molar-refractivity contribution is 6.10. The number of rotatable bonds is 6. The van der Waals surface area contributed by atoms with Crippen LogP contribution in [0, 0.1) is 17.8 Å². The topological polar surface area (TPSA) is 20.2 Å². The van der Waals surface area contributed by atoms with Gasteiger partial charge in [-0.2, -0.15) is 0 Å². The summed E-state index contributed by atoms with van der Waals surface area (Å²) in [5.41, 5.74) is 16.4. The number of fused-ring (bicyclic) bond motifs is 6. The molecule has 10 rings (SSSR count). The summed E-state index contributed by atoms with van der Waals surface area (Å²) in [6.45, 7) is 11.8. The van der Waals surface area contributed by atoms with Gasteiger partial charge in [-0.1, -0.05) is 130 Å². The van der Waals surface area contributed by atoms with Crippen LogP contribution in [0.15, 0.2) is 157 Å². The predicted octanol–water partition coefficient (Wildman–Crippen LogP) is 12.4. The van der Waals surface area contributed by atoms with Crippen LogP contribution >= 0.6 is 0 Å². The van der Waals surface area contributed by atoms with Crippen molar-refractivity contribution in [1.29, 1.82) is 0 Å². The number of benzene rings is 5. The number of nitrogens with zero attached hydrogens (tertiary/aromatic N) is 2. The Morgan fingerprint density at radius 2 is 1.51 bits per heavy atom. The first-order valence-electron chi connectivity index (χ1n) is 20.5. The molecule has 1 N–H and O–H groups in total. The average molecular weight is 718 g/mol. The Labute approximate surface area is 326 Å². The Morgan fingerprint density at radius 1 is 0.727 bits per heavy atom. The molecule has 0 saturated heterocycles. The van der Waals surface area contributed by atoms with Gasteiger partial charge in [0.15, 0.2) is 0 Å². The summed E-state index contributed by atoms with van der Waals surface area (Å²) in [5, 5.41) is 6.20. The predicted molar refractivity (Wildman–Crippen MR) is 233 cm³/mol. The van der Waals surface area contributed by atoms with Gasteiger partial charge < -0.3 is 14.8 Å². The van der Waals surface area contributed by atoms with Crippen molar-refractivity contribution in [2.45, 2.75) is 58.4 Å². The van der Waals surface area contributed by atoms with Gasteiger partial charge in [-0.05, 0) is 107 Å². The number of aromatic nitrogens is 1. The molecule has 0 bridgehead atoms. The first-order valence-corrected chi connectivity index (χ1v) is 20.5. The van der Waals surface area contributed by atoms with E-state index < -0.39 is 0 Å². The molecule has 4 unspecified atom stereocenters. The first-order chi connectivity index (χ1) is 26.9. The maximum absolute atomic E-state index is 3.59. The van der Waals surface area contributed by atoms with Crippen LogP contribution in [0.25, 0.3) is 44.2 Å². The summed E-state index contributed by atoms with van der Waals surface area (Å²) in [7, 11) is 0. The second kappa shape index (κ2) is 13.4. The fourth-order valence-corrected chi connectivity index (χ4v) is 10.4. The van der Waals surface area contributed by atoms with Gasteiger partial charge in [-0.15, -0.1) is 0 Å². The largest absolute Gasteiger partial charge is 0.341 e. The van der Waals surface area contributed by atoms with Crippen molar-refractivity contribution in [3.63, 3.8) is 0 Å². The van der Waals surface area contributed by atoms with E-state index in [1.807, 2.05) is 0 Å². The van der Waals surface area contributed by atoms with E-state index in [2.05, 4.69) is 188 Å². The van der Waals surface area contributed by atoms with E-state index in [0.717, 1.165) is 32.4 Å². The number of hydrogen-bond donors (Lipinski definition) is 1. The lowest BCUT2D eigenvalue weighted by molar-refractivity contribution is 0.392. The van der Waals surface area contributed by atoms with Gasteiger partial charge in [0.05, 0.1) is 11.0 Å². The Bertz CT molecular complexity index is 2580. The van der Waals surface area contributed by atoms with Crippen molar-refractivity contribution in [3.05, 3.63) is 174 Å². The molecule has 274 valence electrons. The van der Waals surface area contributed by atoms with Gasteiger partial charge >= 0.3 is 0 Å². The van der Waals surface area contributed by atoms with Crippen LogP contribution in [0.5, 0.6) is 0 Å². The lowest BCUT2D eigenvalue weighted by Crippen LogP contribution is -2.43. The van der Waals surface area contributed by atoms with E-state index >= 15 is 0 Å². The van der Waals surface area contributed by atoms with Crippen LogP contribution in [-0.2, 0) is 5.41 Å². The molecule has 55 heavy (non-hydrogen) atoms. The van der Waals surface area contributed by atoms with E-state index in [1.165, 1.54) is 72.3 Å². The van der Waals surface area contributed by atoms with Gasteiger partial charge in [-0.25, -0.2) is 0 Å². The van der Waals surface area contributed by atoms with Gasteiger partial charge in [0.25, 0.3) is 0 Å². The molecule has 4 atom stereocenters. The van der Waals surface area contributed by atoms with E-state index in [0.29, 0.717) is 23.8 Å². The minimum absolute atomic E-state index is 0.0406. The molecule has 0 amide bonds. The minimum atomic E-state index is -0.0406. The molecule has 5 aromatic carbocycles. The molecule has 3 heteroatoms. The SMILES string of the molecule is CC1CC(c2ccc3c(c2)c2ccccc2n3-c2ccccc2)=CC=C1N(c1ccc2c(c1)C(C)(C)c1ccccc1-2)C1CC=C(C2C=CCNC2)CC1C. The summed E-state index contributed by atoms with van der Waals surface area (Å²) < 4.78 is 2.41. The molecule has 3 nitrogen and oxygen atoms in total.